The van der Waals surface area contributed by atoms with Gasteiger partial charge in [0.1, 0.15) is 18.2 Å². The zero-order valence-corrected chi connectivity index (χ0v) is 13.3. The minimum atomic E-state index is -0.282. The van der Waals surface area contributed by atoms with Crippen LogP contribution in [-0.2, 0) is 0 Å². The van der Waals surface area contributed by atoms with Crippen LogP contribution in [0.1, 0.15) is 29.6 Å². The lowest BCUT2D eigenvalue weighted by Gasteiger charge is -2.35. The number of piperidine rings is 1. The van der Waals surface area contributed by atoms with Crippen LogP contribution in [0.4, 0.5) is 4.39 Å². The summed E-state index contributed by atoms with van der Waals surface area (Å²) in [5.74, 6) is 0.864. The van der Waals surface area contributed by atoms with E-state index in [1.807, 2.05) is 4.90 Å². The summed E-state index contributed by atoms with van der Waals surface area (Å²) in [6, 6.07) is 9.96. The van der Waals surface area contributed by atoms with E-state index in [0.717, 1.165) is 19.3 Å². The minimum absolute atomic E-state index is 0.0306. The number of aromatic nitrogens is 1. The number of carbonyl (C=O) groups is 1. The maximum absolute atomic E-state index is 13.0. The largest absolute Gasteiger partial charge is 0.491 e. The van der Waals surface area contributed by atoms with E-state index in [9.17, 15) is 9.18 Å². The molecule has 2 aromatic rings. The van der Waals surface area contributed by atoms with Gasteiger partial charge in [0.15, 0.2) is 0 Å². The Morgan fingerprint density at radius 1 is 1.25 bits per heavy atom. The van der Waals surface area contributed by atoms with Crippen molar-refractivity contribution in [1.29, 1.82) is 0 Å². The molecule has 124 valence electrons. The number of ether oxygens (including phenoxy) is 1. The Bertz CT molecular complexity index is 720. The SMILES string of the molecule is O=C(c1cccnc1)N1[C@H]2CC[C@@H](C2)[C@@H]1COc1ccc(F)cc1. The Morgan fingerprint density at radius 2 is 2.08 bits per heavy atom. The molecular formula is C19H19FN2O2. The fraction of sp³-hybridized carbons (Fsp3) is 0.368. The van der Waals surface area contributed by atoms with Crippen molar-refractivity contribution in [3.05, 3.63) is 60.2 Å². The number of amides is 1. The molecule has 1 aromatic heterocycles. The molecule has 24 heavy (non-hydrogen) atoms. The monoisotopic (exact) mass is 326 g/mol. The van der Waals surface area contributed by atoms with Gasteiger partial charge in [-0.25, -0.2) is 4.39 Å². The number of fused-ring (bicyclic) bond motifs is 2. The van der Waals surface area contributed by atoms with Gasteiger partial charge >= 0.3 is 0 Å². The standard InChI is InChI=1S/C19H19FN2O2/c20-15-4-7-17(8-5-15)24-12-18-13-3-6-16(10-13)22(18)19(23)14-2-1-9-21-11-14/h1-2,4-5,7-9,11,13,16,18H,3,6,10,12H2/t13-,16-,18-/m0/s1. The molecule has 0 N–H and O–H groups in total. The third-order valence-corrected chi connectivity index (χ3v) is 5.12. The molecule has 0 spiro atoms. The molecule has 1 aliphatic carbocycles. The maximum atomic E-state index is 13.0. The van der Waals surface area contributed by atoms with Crippen molar-refractivity contribution in [2.45, 2.75) is 31.3 Å². The topological polar surface area (TPSA) is 42.4 Å². The molecule has 0 radical (unpaired) electrons. The second-order valence-electron chi connectivity index (χ2n) is 6.51. The Balaban J connectivity index is 1.50. The van der Waals surface area contributed by atoms with E-state index in [4.69, 9.17) is 4.74 Å². The van der Waals surface area contributed by atoms with Crippen molar-refractivity contribution in [2.24, 2.45) is 5.92 Å². The van der Waals surface area contributed by atoms with Crippen LogP contribution < -0.4 is 4.74 Å². The summed E-state index contributed by atoms with van der Waals surface area (Å²) in [5, 5.41) is 0. The van der Waals surface area contributed by atoms with E-state index in [0.29, 0.717) is 29.9 Å². The van der Waals surface area contributed by atoms with Gasteiger partial charge in [-0.05, 0) is 61.6 Å². The third-order valence-electron chi connectivity index (χ3n) is 5.12. The summed E-state index contributed by atoms with van der Waals surface area (Å²) in [7, 11) is 0. The van der Waals surface area contributed by atoms with Crippen molar-refractivity contribution in [3.63, 3.8) is 0 Å². The Hall–Kier alpha value is -2.43. The van der Waals surface area contributed by atoms with Gasteiger partial charge in [0.05, 0.1) is 11.6 Å². The molecule has 2 aliphatic rings. The molecule has 2 heterocycles. The number of pyridine rings is 1. The molecule has 1 saturated heterocycles. The normalized spacial score (nSPS) is 25.0. The van der Waals surface area contributed by atoms with E-state index < -0.39 is 0 Å². The van der Waals surface area contributed by atoms with Crippen LogP contribution in [0.5, 0.6) is 5.75 Å². The quantitative estimate of drug-likeness (QED) is 0.866. The van der Waals surface area contributed by atoms with Gasteiger partial charge < -0.3 is 9.64 Å². The Morgan fingerprint density at radius 3 is 2.83 bits per heavy atom. The van der Waals surface area contributed by atoms with E-state index in [-0.39, 0.29) is 17.8 Å². The number of hydrogen-bond donors (Lipinski definition) is 0. The van der Waals surface area contributed by atoms with Crippen LogP contribution >= 0.6 is 0 Å². The van der Waals surface area contributed by atoms with Gasteiger partial charge in [0, 0.05) is 18.4 Å². The second kappa shape index (κ2) is 6.23. The van der Waals surface area contributed by atoms with E-state index >= 15 is 0 Å². The molecule has 2 bridgehead atoms. The smallest absolute Gasteiger partial charge is 0.256 e. The fourth-order valence-electron chi connectivity index (χ4n) is 3.98. The number of benzene rings is 1. The second-order valence-corrected chi connectivity index (χ2v) is 6.51. The first-order valence-corrected chi connectivity index (χ1v) is 8.33. The molecule has 3 atom stereocenters. The highest BCUT2D eigenvalue weighted by Gasteiger charge is 2.48. The van der Waals surface area contributed by atoms with Crippen molar-refractivity contribution >= 4 is 5.91 Å². The van der Waals surface area contributed by atoms with Gasteiger partial charge in [0.25, 0.3) is 5.91 Å². The van der Waals surface area contributed by atoms with Crippen molar-refractivity contribution in [3.8, 4) is 5.75 Å². The van der Waals surface area contributed by atoms with E-state index in [1.54, 1.807) is 36.7 Å². The lowest BCUT2D eigenvalue weighted by molar-refractivity contribution is 0.0505. The first-order chi connectivity index (χ1) is 11.7. The number of halogens is 1. The number of nitrogens with zero attached hydrogens (tertiary/aromatic N) is 2. The third kappa shape index (κ3) is 2.75. The number of likely N-dealkylation sites (tertiary alicyclic amines) is 1. The van der Waals surface area contributed by atoms with Crippen molar-refractivity contribution in [1.82, 2.24) is 9.88 Å². The van der Waals surface area contributed by atoms with Crippen molar-refractivity contribution < 1.29 is 13.9 Å². The van der Waals surface area contributed by atoms with Gasteiger partial charge in [-0.2, -0.15) is 0 Å². The predicted octanol–water partition coefficient (Wildman–Crippen LogP) is 3.29. The fourth-order valence-corrected chi connectivity index (χ4v) is 3.98. The maximum Gasteiger partial charge on any atom is 0.256 e. The van der Waals surface area contributed by atoms with Crippen LogP contribution in [0, 0.1) is 11.7 Å². The van der Waals surface area contributed by atoms with Crippen molar-refractivity contribution in [2.75, 3.05) is 6.61 Å². The highest BCUT2D eigenvalue weighted by molar-refractivity contribution is 5.94. The molecule has 2 fully saturated rings. The Labute approximate surface area is 140 Å². The molecule has 1 amide bonds. The summed E-state index contributed by atoms with van der Waals surface area (Å²) in [4.78, 5) is 18.9. The summed E-state index contributed by atoms with van der Waals surface area (Å²) >= 11 is 0. The average molecular weight is 326 g/mol. The predicted molar refractivity (Wildman–Crippen MR) is 87.2 cm³/mol. The lowest BCUT2D eigenvalue weighted by atomic mass is 9.99. The number of rotatable bonds is 4. The van der Waals surface area contributed by atoms with Crippen LogP contribution in [0.2, 0.25) is 0 Å². The summed E-state index contributed by atoms with van der Waals surface area (Å²) in [6.45, 7) is 0.443. The lowest BCUT2D eigenvalue weighted by Crippen LogP contribution is -2.47. The summed E-state index contributed by atoms with van der Waals surface area (Å²) in [6.07, 6.45) is 6.53. The van der Waals surface area contributed by atoms with Crippen LogP contribution in [0.15, 0.2) is 48.8 Å². The van der Waals surface area contributed by atoms with Crippen LogP contribution in [0.3, 0.4) is 0 Å². The molecule has 1 aromatic carbocycles. The highest BCUT2D eigenvalue weighted by Crippen LogP contribution is 2.43. The first kappa shape index (κ1) is 15.1. The average Bonchev–Trinajstić information content (AvgIpc) is 3.23. The molecular weight excluding hydrogens is 307 g/mol. The van der Waals surface area contributed by atoms with Gasteiger partial charge in [0.2, 0.25) is 0 Å². The summed E-state index contributed by atoms with van der Waals surface area (Å²) < 4.78 is 18.8. The summed E-state index contributed by atoms with van der Waals surface area (Å²) in [5.41, 5.74) is 0.622. The Kier molecular flexibility index (Phi) is 3.92. The highest BCUT2D eigenvalue weighted by atomic mass is 19.1. The van der Waals surface area contributed by atoms with Gasteiger partial charge in [-0.1, -0.05) is 0 Å². The number of hydrogen-bond acceptors (Lipinski definition) is 3. The zero-order valence-electron chi connectivity index (χ0n) is 13.3. The van der Waals surface area contributed by atoms with E-state index in [2.05, 4.69) is 4.98 Å². The molecule has 1 saturated carbocycles. The molecule has 4 rings (SSSR count). The minimum Gasteiger partial charge on any atom is -0.491 e. The number of carbonyl (C=O) groups excluding carboxylic acids is 1. The first-order valence-electron chi connectivity index (χ1n) is 8.33. The molecule has 0 unspecified atom stereocenters. The zero-order chi connectivity index (χ0) is 16.5. The molecule has 1 aliphatic heterocycles. The van der Waals surface area contributed by atoms with Crippen LogP contribution in [0.25, 0.3) is 0 Å². The van der Waals surface area contributed by atoms with E-state index in [1.165, 1.54) is 12.1 Å². The molecule has 5 heteroatoms. The van der Waals surface area contributed by atoms with Crippen LogP contribution in [-0.4, -0.2) is 34.5 Å². The van der Waals surface area contributed by atoms with Gasteiger partial charge in [-0.3, -0.25) is 9.78 Å². The van der Waals surface area contributed by atoms with Gasteiger partial charge in [-0.15, -0.1) is 0 Å². The molecule has 4 nitrogen and oxygen atoms in total.